The molecule has 22 heavy (non-hydrogen) atoms. The van der Waals surface area contributed by atoms with Crippen LogP contribution in [0.1, 0.15) is 25.2 Å². The van der Waals surface area contributed by atoms with E-state index in [1.54, 1.807) is 37.3 Å². The van der Waals surface area contributed by atoms with Crippen LogP contribution in [0.4, 0.5) is 10.5 Å². The highest BCUT2D eigenvalue weighted by atomic mass is 35.5. The summed E-state index contributed by atoms with van der Waals surface area (Å²) in [5.74, 6) is 0.467. The fraction of sp³-hybridized carbons (Fsp3) is 0.267. The fourth-order valence-corrected chi connectivity index (χ4v) is 2.42. The third-order valence-electron chi connectivity index (χ3n) is 3.01. The zero-order valence-corrected chi connectivity index (χ0v) is 13.4. The smallest absolute Gasteiger partial charge is 0.319 e. The molecule has 0 aliphatic carbocycles. The van der Waals surface area contributed by atoms with E-state index in [4.69, 9.17) is 27.6 Å². The maximum absolute atomic E-state index is 11.9. The number of benzene rings is 1. The summed E-state index contributed by atoms with van der Waals surface area (Å²) in [6, 6.07) is 7.51. The van der Waals surface area contributed by atoms with Crippen LogP contribution in [0.3, 0.4) is 0 Å². The second-order valence-corrected chi connectivity index (χ2v) is 5.73. The monoisotopic (exact) mass is 342 g/mol. The molecule has 3 N–H and O–H groups in total. The number of aliphatic hydroxyl groups excluding tert-OH is 1. The van der Waals surface area contributed by atoms with Crippen LogP contribution in [0.25, 0.3) is 0 Å². The molecule has 0 radical (unpaired) electrons. The predicted octanol–water partition coefficient (Wildman–Crippen LogP) is 4.22. The highest BCUT2D eigenvalue weighted by Crippen LogP contribution is 2.25. The minimum Gasteiger partial charge on any atom is -0.467 e. The molecular formula is C15H16Cl2N2O3. The fourth-order valence-electron chi connectivity index (χ4n) is 1.96. The molecule has 0 saturated carbocycles. The summed E-state index contributed by atoms with van der Waals surface area (Å²) >= 11 is 11.8. The number of hydrogen-bond donors (Lipinski definition) is 3. The molecule has 2 rings (SSSR count). The van der Waals surface area contributed by atoms with Gasteiger partial charge in [-0.15, -0.1) is 0 Å². The minimum atomic E-state index is -0.774. The van der Waals surface area contributed by atoms with Crippen molar-refractivity contribution < 1.29 is 14.3 Å². The van der Waals surface area contributed by atoms with Gasteiger partial charge in [0, 0.05) is 17.5 Å². The Morgan fingerprint density at radius 2 is 2.14 bits per heavy atom. The molecule has 0 aliphatic rings. The van der Waals surface area contributed by atoms with Crippen LogP contribution in [-0.2, 0) is 0 Å². The van der Waals surface area contributed by atoms with E-state index in [0.29, 0.717) is 27.9 Å². The molecule has 7 heteroatoms. The Bertz CT molecular complexity index is 632. The van der Waals surface area contributed by atoms with Crippen LogP contribution in [-0.4, -0.2) is 17.2 Å². The van der Waals surface area contributed by atoms with Crippen molar-refractivity contribution in [2.24, 2.45) is 0 Å². The van der Waals surface area contributed by atoms with Crippen molar-refractivity contribution in [3.05, 3.63) is 52.4 Å². The lowest BCUT2D eigenvalue weighted by Gasteiger charge is -2.17. The van der Waals surface area contributed by atoms with Gasteiger partial charge in [-0.1, -0.05) is 23.2 Å². The van der Waals surface area contributed by atoms with Gasteiger partial charge in [-0.25, -0.2) is 4.79 Å². The number of nitrogens with one attached hydrogen (secondary N) is 2. The number of carbonyl (C=O) groups excluding carboxylic acids is 1. The van der Waals surface area contributed by atoms with Crippen molar-refractivity contribution in [1.82, 2.24) is 5.32 Å². The van der Waals surface area contributed by atoms with Gasteiger partial charge >= 0.3 is 6.03 Å². The minimum absolute atomic E-state index is 0.258. The van der Waals surface area contributed by atoms with Crippen molar-refractivity contribution in [1.29, 1.82) is 0 Å². The first kappa shape index (κ1) is 16.7. The number of carbonyl (C=O) groups is 1. The van der Waals surface area contributed by atoms with Crippen LogP contribution < -0.4 is 10.6 Å². The zero-order chi connectivity index (χ0) is 16.1. The van der Waals surface area contributed by atoms with Crippen molar-refractivity contribution in [3.63, 3.8) is 0 Å². The molecule has 1 aromatic carbocycles. The number of anilines is 1. The Labute approximate surface area is 138 Å². The molecule has 118 valence electrons. The highest BCUT2D eigenvalue weighted by Gasteiger charge is 2.16. The molecule has 2 amide bonds. The first-order chi connectivity index (χ1) is 10.5. The van der Waals surface area contributed by atoms with Gasteiger partial charge in [-0.2, -0.15) is 0 Å². The molecule has 1 heterocycles. The van der Waals surface area contributed by atoms with Crippen LogP contribution in [0.2, 0.25) is 10.0 Å². The maximum atomic E-state index is 11.9. The molecule has 2 atom stereocenters. The van der Waals surface area contributed by atoms with E-state index in [9.17, 15) is 9.90 Å². The van der Waals surface area contributed by atoms with Gasteiger partial charge < -0.3 is 20.2 Å². The van der Waals surface area contributed by atoms with E-state index in [1.807, 2.05) is 0 Å². The molecule has 1 aromatic heterocycles. The molecule has 0 spiro atoms. The summed E-state index contributed by atoms with van der Waals surface area (Å²) in [4.78, 5) is 11.9. The van der Waals surface area contributed by atoms with Crippen molar-refractivity contribution in [2.45, 2.75) is 25.5 Å². The largest absolute Gasteiger partial charge is 0.467 e. The average molecular weight is 343 g/mol. The number of aliphatic hydroxyl groups is 1. The normalized spacial score (nSPS) is 13.5. The van der Waals surface area contributed by atoms with Gasteiger partial charge in [0.2, 0.25) is 0 Å². The van der Waals surface area contributed by atoms with E-state index in [2.05, 4.69) is 10.6 Å². The van der Waals surface area contributed by atoms with Gasteiger partial charge in [0.15, 0.2) is 0 Å². The van der Waals surface area contributed by atoms with Crippen molar-refractivity contribution in [3.8, 4) is 0 Å². The third-order valence-corrected chi connectivity index (χ3v) is 3.55. The Morgan fingerprint density at radius 3 is 2.77 bits per heavy atom. The molecule has 0 bridgehead atoms. The van der Waals surface area contributed by atoms with Gasteiger partial charge in [-0.05, 0) is 37.3 Å². The summed E-state index contributed by atoms with van der Waals surface area (Å²) in [5.41, 5.74) is 0.461. The zero-order valence-electron chi connectivity index (χ0n) is 11.8. The van der Waals surface area contributed by atoms with E-state index in [0.717, 1.165) is 0 Å². The standard InChI is InChI=1S/C15H16Cl2N2O3/c1-9(7-13(20)14-3-2-6-22-14)18-15(21)19-12-5-4-10(16)8-11(12)17/h2-6,8-9,13,20H,7H2,1H3,(H2,18,19,21). The van der Waals surface area contributed by atoms with E-state index >= 15 is 0 Å². The number of hydrogen-bond acceptors (Lipinski definition) is 3. The second-order valence-electron chi connectivity index (χ2n) is 4.89. The van der Waals surface area contributed by atoms with Gasteiger partial charge in [-0.3, -0.25) is 0 Å². The number of furan rings is 1. The van der Waals surface area contributed by atoms with Crippen molar-refractivity contribution in [2.75, 3.05) is 5.32 Å². The summed E-state index contributed by atoms with van der Waals surface area (Å²) in [7, 11) is 0. The SMILES string of the molecule is CC(CC(O)c1ccco1)NC(=O)Nc1ccc(Cl)cc1Cl. The first-order valence-electron chi connectivity index (χ1n) is 6.69. The first-order valence-corrected chi connectivity index (χ1v) is 7.45. The van der Waals surface area contributed by atoms with Gasteiger partial charge in [0.25, 0.3) is 0 Å². The molecule has 2 unspecified atom stereocenters. The summed E-state index contributed by atoms with van der Waals surface area (Å²) in [6.07, 6.45) is 1.05. The molecule has 0 fully saturated rings. The molecule has 2 aromatic rings. The van der Waals surface area contributed by atoms with Crippen LogP contribution in [0.15, 0.2) is 41.0 Å². The molecule has 5 nitrogen and oxygen atoms in total. The lowest BCUT2D eigenvalue weighted by Crippen LogP contribution is -2.37. The number of rotatable bonds is 5. The predicted molar refractivity (Wildman–Crippen MR) is 86.4 cm³/mol. The van der Waals surface area contributed by atoms with Crippen LogP contribution in [0.5, 0.6) is 0 Å². The van der Waals surface area contributed by atoms with Gasteiger partial charge in [0.1, 0.15) is 11.9 Å². The maximum Gasteiger partial charge on any atom is 0.319 e. The summed E-state index contributed by atoms with van der Waals surface area (Å²) < 4.78 is 5.12. The van der Waals surface area contributed by atoms with E-state index < -0.39 is 12.1 Å². The highest BCUT2D eigenvalue weighted by molar-refractivity contribution is 6.36. The topological polar surface area (TPSA) is 74.5 Å². The number of urea groups is 1. The third kappa shape index (κ3) is 4.66. The molecular weight excluding hydrogens is 327 g/mol. The van der Waals surface area contributed by atoms with Crippen molar-refractivity contribution >= 4 is 34.9 Å². The second kappa shape index (κ2) is 7.54. The van der Waals surface area contributed by atoms with Crippen LogP contribution >= 0.6 is 23.2 Å². The van der Waals surface area contributed by atoms with Gasteiger partial charge in [0.05, 0.1) is 17.0 Å². The Morgan fingerprint density at radius 1 is 1.36 bits per heavy atom. The average Bonchev–Trinajstić information content (AvgIpc) is 2.95. The summed E-state index contributed by atoms with van der Waals surface area (Å²) in [5, 5.41) is 16.2. The number of amides is 2. The van der Waals surface area contributed by atoms with E-state index in [1.165, 1.54) is 6.26 Å². The molecule has 0 saturated heterocycles. The Hall–Kier alpha value is -1.69. The molecule has 0 aliphatic heterocycles. The quantitative estimate of drug-likeness (QED) is 0.761. The van der Waals surface area contributed by atoms with Crippen LogP contribution in [0, 0.1) is 0 Å². The Kier molecular flexibility index (Phi) is 5.71. The number of halogens is 2. The van der Waals surface area contributed by atoms with E-state index in [-0.39, 0.29) is 6.04 Å². The lowest BCUT2D eigenvalue weighted by atomic mass is 10.1. The summed E-state index contributed by atoms with van der Waals surface area (Å²) in [6.45, 7) is 1.79. The Balaban J connectivity index is 1.86. The lowest BCUT2D eigenvalue weighted by molar-refractivity contribution is 0.130.